The summed E-state index contributed by atoms with van der Waals surface area (Å²) in [6.45, 7) is 2.36. The molecule has 0 aliphatic heterocycles. The van der Waals surface area contributed by atoms with E-state index in [0.29, 0.717) is 5.82 Å². The average Bonchev–Trinajstić information content (AvgIpc) is 3.80. The molecule has 0 saturated heterocycles. The van der Waals surface area contributed by atoms with Gasteiger partial charge >= 0.3 is 0 Å². The fraction of sp³-hybridized carbons (Fsp3) is 0.0370. The first-order valence-electron chi connectivity index (χ1n) is 19.5. The summed E-state index contributed by atoms with van der Waals surface area (Å²) in [6.07, 6.45) is 0. The normalized spacial score (nSPS) is 14.5. The number of hydrogen-bond donors (Lipinski definition) is 0. The molecule has 2 heterocycles. The highest BCUT2D eigenvalue weighted by atomic mass is 32.1. The van der Waals surface area contributed by atoms with E-state index in [1.165, 1.54) is 70.2 Å². The molecule has 268 valence electrons. The lowest BCUT2D eigenvalue weighted by molar-refractivity contribution is 0.714. The Morgan fingerprint density at radius 1 is 0.404 bits per heavy atom. The van der Waals surface area contributed by atoms with Crippen LogP contribution in [0.3, 0.4) is 0 Å². The predicted molar refractivity (Wildman–Crippen MR) is 240 cm³/mol. The van der Waals surface area contributed by atoms with Crippen molar-refractivity contribution in [2.45, 2.75) is 12.3 Å². The third kappa shape index (κ3) is 5.38. The van der Waals surface area contributed by atoms with E-state index in [1.807, 2.05) is 17.4 Å². The first kappa shape index (κ1) is 33.4. The number of thiophene rings is 1. The van der Waals surface area contributed by atoms with Gasteiger partial charge in [0.05, 0.1) is 11.4 Å². The Hall–Kier alpha value is -6.94. The average molecular weight is 745 g/mol. The van der Waals surface area contributed by atoms with Gasteiger partial charge in [-0.3, -0.25) is 0 Å². The molecule has 0 saturated carbocycles. The van der Waals surface area contributed by atoms with Crippen molar-refractivity contribution in [3.63, 3.8) is 0 Å². The summed E-state index contributed by atoms with van der Waals surface area (Å²) < 4.78 is 2.64. The monoisotopic (exact) mass is 744 g/mol. The highest BCUT2D eigenvalue weighted by Crippen LogP contribution is 2.55. The molecule has 0 radical (unpaired) electrons. The molecule has 0 amide bonds. The van der Waals surface area contributed by atoms with Crippen LogP contribution in [-0.4, -0.2) is 9.97 Å². The van der Waals surface area contributed by atoms with Gasteiger partial charge in [-0.05, 0) is 63.6 Å². The van der Waals surface area contributed by atoms with Gasteiger partial charge in [-0.2, -0.15) is 0 Å². The van der Waals surface area contributed by atoms with Crippen LogP contribution in [0.25, 0.3) is 87.5 Å². The molecular weight excluding hydrogens is 709 g/mol. The van der Waals surface area contributed by atoms with Crippen LogP contribution in [0.15, 0.2) is 200 Å². The summed E-state index contributed by atoms with van der Waals surface area (Å²) in [5.41, 5.74) is 15.9. The van der Waals surface area contributed by atoms with Crippen LogP contribution in [0.1, 0.15) is 23.6 Å². The first-order valence-corrected chi connectivity index (χ1v) is 20.3. The minimum Gasteiger partial charge on any atom is -0.228 e. The van der Waals surface area contributed by atoms with Crippen LogP contribution >= 0.6 is 11.3 Å². The molecule has 1 atom stereocenters. The zero-order valence-electron chi connectivity index (χ0n) is 31.4. The van der Waals surface area contributed by atoms with Crippen molar-refractivity contribution in [3.05, 3.63) is 217 Å². The van der Waals surface area contributed by atoms with E-state index in [4.69, 9.17) is 9.97 Å². The number of nitrogens with zero attached hydrogens (tertiary/aromatic N) is 2. The highest BCUT2D eigenvalue weighted by Gasteiger charge is 2.41. The number of hydrogen-bond acceptors (Lipinski definition) is 3. The second-order valence-electron chi connectivity index (χ2n) is 15.0. The van der Waals surface area contributed by atoms with Gasteiger partial charge in [-0.15, -0.1) is 11.3 Å². The topological polar surface area (TPSA) is 25.8 Å². The third-order valence-corrected chi connectivity index (χ3v) is 13.1. The summed E-state index contributed by atoms with van der Waals surface area (Å²) in [5.74, 6) is 0.712. The molecule has 8 aromatic carbocycles. The van der Waals surface area contributed by atoms with Crippen molar-refractivity contribution in [1.82, 2.24) is 9.97 Å². The standard InChI is InChI=1S/C54H36N2S/c1-54(38-18-6-3-7-19-38)46-27-12-10-23-44(46)51-45(26-15-28-47(51)54)49-34-48(55-53(56-49)37-16-4-2-5-17-37)36-32-30-35(31-33-36)39-20-8-9-21-40(39)42-24-14-25-43-41-22-11-13-29-50(41)57-52(42)43/h2-34H,1H3. The third-order valence-electron chi connectivity index (χ3n) is 11.8. The lowest BCUT2D eigenvalue weighted by Crippen LogP contribution is -2.22. The molecular formula is C54H36N2S. The van der Waals surface area contributed by atoms with Gasteiger partial charge in [0.15, 0.2) is 5.82 Å². The van der Waals surface area contributed by atoms with E-state index in [2.05, 4.69) is 201 Å². The molecule has 0 spiro atoms. The number of benzene rings is 8. The molecule has 57 heavy (non-hydrogen) atoms. The Morgan fingerprint density at radius 2 is 0.982 bits per heavy atom. The van der Waals surface area contributed by atoms with E-state index in [-0.39, 0.29) is 5.41 Å². The maximum atomic E-state index is 5.31. The Balaban J connectivity index is 1.04. The summed E-state index contributed by atoms with van der Waals surface area (Å²) >= 11 is 1.87. The largest absolute Gasteiger partial charge is 0.228 e. The van der Waals surface area contributed by atoms with Crippen molar-refractivity contribution >= 4 is 31.5 Å². The van der Waals surface area contributed by atoms with Gasteiger partial charge in [-0.25, -0.2) is 9.97 Å². The SMILES string of the molecule is CC1(c2ccccc2)c2ccccc2-c2c(-c3cc(-c4ccc(-c5ccccc5-c5cccc6c5sc5ccccc56)cc4)nc(-c4ccccc4)n3)cccc21. The van der Waals surface area contributed by atoms with Crippen LogP contribution in [0.2, 0.25) is 0 Å². The van der Waals surface area contributed by atoms with Crippen LogP contribution < -0.4 is 0 Å². The molecule has 2 aromatic heterocycles. The Morgan fingerprint density at radius 3 is 1.81 bits per heavy atom. The fourth-order valence-corrected chi connectivity index (χ4v) is 10.3. The molecule has 10 aromatic rings. The molecule has 2 nitrogen and oxygen atoms in total. The minimum absolute atomic E-state index is 0.296. The van der Waals surface area contributed by atoms with E-state index in [0.717, 1.165) is 28.1 Å². The number of rotatable bonds is 6. The van der Waals surface area contributed by atoms with Gasteiger partial charge in [0.25, 0.3) is 0 Å². The van der Waals surface area contributed by atoms with Crippen LogP contribution in [-0.2, 0) is 5.41 Å². The molecule has 3 heteroatoms. The van der Waals surface area contributed by atoms with Crippen molar-refractivity contribution in [3.8, 4) is 67.3 Å². The summed E-state index contributed by atoms with van der Waals surface area (Å²) in [4.78, 5) is 10.5. The Bertz CT molecular complexity index is 3130. The van der Waals surface area contributed by atoms with E-state index < -0.39 is 0 Å². The molecule has 0 fully saturated rings. The van der Waals surface area contributed by atoms with Gasteiger partial charge in [0.2, 0.25) is 0 Å². The van der Waals surface area contributed by atoms with Crippen molar-refractivity contribution in [1.29, 1.82) is 0 Å². The second-order valence-corrected chi connectivity index (χ2v) is 16.0. The van der Waals surface area contributed by atoms with Crippen LogP contribution in [0.4, 0.5) is 0 Å². The molecule has 1 unspecified atom stereocenters. The second kappa shape index (κ2) is 13.4. The zero-order chi connectivity index (χ0) is 37.9. The maximum Gasteiger partial charge on any atom is 0.160 e. The molecule has 11 rings (SSSR count). The van der Waals surface area contributed by atoms with Crippen molar-refractivity contribution in [2.24, 2.45) is 0 Å². The molecule has 1 aliphatic carbocycles. The smallest absolute Gasteiger partial charge is 0.160 e. The van der Waals surface area contributed by atoms with E-state index in [9.17, 15) is 0 Å². The molecule has 0 N–H and O–H groups in total. The maximum absolute atomic E-state index is 5.31. The van der Waals surface area contributed by atoms with Crippen LogP contribution in [0.5, 0.6) is 0 Å². The van der Waals surface area contributed by atoms with Gasteiger partial charge in [-0.1, -0.05) is 188 Å². The fourth-order valence-electron chi connectivity index (χ4n) is 9.04. The molecule has 1 aliphatic rings. The summed E-state index contributed by atoms with van der Waals surface area (Å²) in [5, 5.41) is 2.62. The van der Waals surface area contributed by atoms with Crippen molar-refractivity contribution in [2.75, 3.05) is 0 Å². The quantitative estimate of drug-likeness (QED) is 0.169. The van der Waals surface area contributed by atoms with Crippen molar-refractivity contribution < 1.29 is 0 Å². The highest BCUT2D eigenvalue weighted by molar-refractivity contribution is 7.26. The minimum atomic E-state index is -0.296. The number of aromatic nitrogens is 2. The van der Waals surface area contributed by atoms with Gasteiger partial charge in [0, 0.05) is 47.8 Å². The lowest BCUT2D eigenvalue weighted by atomic mass is 9.74. The van der Waals surface area contributed by atoms with E-state index in [1.54, 1.807) is 0 Å². The Kier molecular flexibility index (Phi) is 7.84. The first-order chi connectivity index (χ1) is 28.1. The van der Waals surface area contributed by atoms with Gasteiger partial charge in [0.1, 0.15) is 0 Å². The summed E-state index contributed by atoms with van der Waals surface area (Å²) in [6, 6.07) is 72.1. The lowest BCUT2D eigenvalue weighted by Gasteiger charge is -2.28. The molecule has 0 bridgehead atoms. The zero-order valence-corrected chi connectivity index (χ0v) is 32.2. The Labute approximate surface area is 336 Å². The number of fused-ring (bicyclic) bond motifs is 6. The van der Waals surface area contributed by atoms with E-state index >= 15 is 0 Å². The predicted octanol–water partition coefficient (Wildman–Crippen LogP) is 14.5. The summed E-state index contributed by atoms with van der Waals surface area (Å²) in [7, 11) is 0. The van der Waals surface area contributed by atoms with Gasteiger partial charge < -0.3 is 0 Å². The van der Waals surface area contributed by atoms with Crippen LogP contribution in [0, 0.1) is 0 Å².